The smallest absolute Gasteiger partial charge is 0.222 e. The molecule has 2 heterocycles. The number of nitrogens with zero attached hydrogens (tertiary/aromatic N) is 3. The van der Waals surface area contributed by atoms with Crippen molar-refractivity contribution in [3.63, 3.8) is 0 Å². The maximum atomic E-state index is 11.8. The largest absolute Gasteiger partial charge is 0.379 e. The molecular formula is C18H36IN5O2. The fraction of sp³-hybridized carbons (Fsp3) is 0.889. The van der Waals surface area contributed by atoms with E-state index in [1.165, 1.54) is 0 Å². The van der Waals surface area contributed by atoms with Crippen molar-refractivity contribution in [3.05, 3.63) is 0 Å². The highest BCUT2D eigenvalue weighted by atomic mass is 127. The number of rotatable bonds is 6. The van der Waals surface area contributed by atoms with Gasteiger partial charge in [0.25, 0.3) is 0 Å². The standard InChI is InChI=1S/C18H35N5O2.HI/c1-5-17(24)22-8-7-16(12-22)21-18(19-6-2)20-11-14(3)23-9-10-25-13-15(23)4;/h14-16H,5-13H2,1-4H3,(H2,19,20,21);1H. The summed E-state index contributed by atoms with van der Waals surface area (Å²) in [6.45, 7) is 14.2. The number of halogens is 1. The van der Waals surface area contributed by atoms with Gasteiger partial charge in [-0.05, 0) is 27.2 Å². The molecule has 8 heteroatoms. The molecule has 152 valence electrons. The Morgan fingerprint density at radius 1 is 1.35 bits per heavy atom. The normalized spacial score (nSPS) is 25.5. The van der Waals surface area contributed by atoms with Crippen LogP contribution in [0.2, 0.25) is 0 Å². The highest BCUT2D eigenvalue weighted by Gasteiger charge is 2.26. The molecule has 26 heavy (non-hydrogen) atoms. The van der Waals surface area contributed by atoms with E-state index >= 15 is 0 Å². The number of hydrogen-bond donors (Lipinski definition) is 2. The summed E-state index contributed by atoms with van der Waals surface area (Å²) >= 11 is 0. The van der Waals surface area contributed by atoms with Gasteiger partial charge < -0.3 is 20.3 Å². The van der Waals surface area contributed by atoms with Gasteiger partial charge in [-0.15, -0.1) is 24.0 Å². The third-order valence-corrected chi connectivity index (χ3v) is 5.03. The molecule has 0 saturated carbocycles. The van der Waals surface area contributed by atoms with E-state index in [9.17, 15) is 4.79 Å². The summed E-state index contributed by atoms with van der Waals surface area (Å²) < 4.78 is 5.52. The Hall–Kier alpha value is -0.610. The summed E-state index contributed by atoms with van der Waals surface area (Å²) in [6.07, 6.45) is 1.56. The van der Waals surface area contributed by atoms with Gasteiger partial charge in [0.2, 0.25) is 5.91 Å². The molecule has 3 atom stereocenters. The lowest BCUT2D eigenvalue weighted by Crippen LogP contribution is -2.50. The maximum absolute atomic E-state index is 11.8. The van der Waals surface area contributed by atoms with E-state index in [2.05, 4.69) is 36.3 Å². The van der Waals surface area contributed by atoms with E-state index in [0.717, 1.165) is 58.3 Å². The van der Waals surface area contributed by atoms with Gasteiger partial charge in [-0.3, -0.25) is 14.7 Å². The van der Waals surface area contributed by atoms with Crippen molar-refractivity contribution < 1.29 is 9.53 Å². The molecular weight excluding hydrogens is 445 g/mol. The van der Waals surface area contributed by atoms with Crippen LogP contribution in [0.1, 0.15) is 40.5 Å². The summed E-state index contributed by atoms with van der Waals surface area (Å²) in [5, 5.41) is 6.83. The number of aliphatic imine (C=N–C) groups is 1. The lowest BCUT2D eigenvalue weighted by molar-refractivity contribution is -0.129. The Balaban J connectivity index is 0.00000338. The van der Waals surface area contributed by atoms with E-state index in [-0.39, 0.29) is 35.9 Å². The molecule has 7 nitrogen and oxygen atoms in total. The first kappa shape index (κ1) is 23.4. The number of likely N-dealkylation sites (tertiary alicyclic amines) is 1. The molecule has 0 spiro atoms. The zero-order valence-corrected chi connectivity index (χ0v) is 19.0. The van der Waals surface area contributed by atoms with Crippen molar-refractivity contribution in [2.75, 3.05) is 45.9 Å². The van der Waals surface area contributed by atoms with Crippen molar-refractivity contribution >= 4 is 35.8 Å². The first-order chi connectivity index (χ1) is 12.0. The zero-order valence-electron chi connectivity index (χ0n) is 16.7. The van der Waals surface area contributed by atoms with Crippen LogP contribution in [0.4, 0.5) is 0 Å². The second-order valence-corrected chi connectivity index (χ2v) is 7.05. The SMILES string of the molecule is CCNC(=NCC(C)N1CCOCC1C)NC1CCN(C(=O)CC)C1.I. The molecule has 2 fully saturated rings. The highest BCUT2D eigenvalue weighted by molar-refractivity contribution is 14.0. The average Bonchev–Trinajstić information content (AvgIpc) is 3.08. The number of carbonyl (C=O) groups excluding carboxylic acids is 1. The molecule has 2 N–H and O–H groups in total. The van der Waals surface area contributed by atoms with Crippen LogP contribution in [0.5, 0.6) is 0 Å². The minimum atomic E-state index is 0. The van der Waals surface area contributed by atoms with Crippen LogP contribution in [0, 0.1) is 0 Å². The molecule has 0 aromatic heterocycles. The second kappa shape index (κ2) is 12.0. The van der Waals surface area contributed by atoms with Gasteiger partial charge in [0, 0.05) is 50.7 Å². The summed E-state index contributed by atoms with van der Waals surface area (Å²) in [7, 11) is 0. The van der Waals surface area contributed by atoms with Crippen molar-refractivity contribution in [3.8, 4) is 0 Å². The second-order valence-electron chi connectivity index (χ2n) is 7.05. The monoisotopic (exact) mass is 481 g/mol. The van der Waals surface area contributed by atoms with Crippen LogP contribution in [0.15, 0.2) is 4.99 Å². The first-order valence-electron chi connectivity index (χ1n) is 9.71. The summed E-state index contributed by atoms with van der Waals surface area (Å²) in [5.41, 5.74) is 0. The van der Waals surface area contributed by atoms with Crippen LogP contribution >= 0.6 is 24.0 Å². The number of guanidine groups is 1. The van der Waals surface area contributed by atoms with Crippen LogP contribution < -0.4 is 10.6 Å². The summed E-state index contributed by atoms with van der Waals surface area (Å²) in [5.74, 6) is 1.09. The summed E-state index contributed by atoms with van der Waals surface area (Å²) in [4.78, 5) is 21.0. The Kier molecular flexibility index (Phi) is 10.8. The number of morpholine rings is 1. The topological polar surface area (TPSA) is 69.2 Å². The van der Waals surface area contributed by atoms with Gasteiger partial charge in [0.15, 0.2) is 5.96 Å². The van der Waals surface area contributed by atoms with Crippen molar-refractivity contribution in [2.24, 2.45) is 4.99 Å². The van der Waals surface area contributed by atoms with Crippen LogP contribution in [0.3, 0.4) is 0 Å². The number of amides is 1. The predicted octanol–water partition coefficient (Wildman–Crippen LogP) is 1.28. The third-order valence-electron chi connectivity index (χ3n) is 5.03. The number of carbonyl (C=O) groups is 1. The molecule has 2 rings (SSSR count). The average molecular weight is 481 g/mol. The lowest BCUT2D eigenvalue weighted by atomic mass is 10.2. The van der Waals surface area contributed by atoms with E-state index < -0.39 is 0 Å². The maximum Gasteiger partial charge on any atom is 0.222 e. The van der Waals surface area contributed by atoms with Crippen LogP contribution in [0.25, 0.3) is 0 Å². The Morgan fingerprint density at radius 2 is 2.12 bits per heavy atom. The summed E-state index contributed by atoms with van der Waals surface area (Å²) in [6, 6.07) is 1.11. The Bertz CT molecular complexity index is 463. The molecule has 0 radical (unpaired) electrons. The van der Waals surface area contributed by atoms with Gasteiger partial charge in [-0.25, -0.2) is 0 Å². The Labute approximate surface area is 175 Å². The number of nitrogens with one attached hydrogen (secondary N) is 2. The molecule has 0 aromatic carbocycles. The molecule has 0 bridgehead atoms. The molecule has 0 aliphatic carbocycles. The first-order valence-corrected chi connectivity index (χ1v) is 9.71. The van der Waals surface area contributed by atoms with E-state index in [4.69, 9.17) is 9.73 Å². The van der Waals surface area contributed by atoms with Crippen molar-refractivity contribution in [1.82, 2.24) is 20.4 Å². The molecule has 2 aliphatic rings. The van der Waals surface area contributed by atoms with Gasteiger partial charge >= 0.3 is 0 Å². The minimum absolute atomic E-state index is 0. The highest BCUT2D eigenvalue weighted by Crippen LogP contribution is 2.12. The van der Waals surface area contributed by atoms with E-state index in [1.807, 2.05) is 11.8 Å². The number of ether oxygens (including phenoxy) is 1. The van der Waals surface area contributed by atoms with Crippen molar-refractivity contribution in [2.45, 2.75) is 58.7 Å². The molecule has 0 aromatic rings. The van der Waals surface area contributed by atoms with Crippen molar-refractivity contribution in [1.29, 1.82) is 0 Å². The van der Waals surface area contributed by atoms with E-state index in [1.54, 1.807) is 0 Å². The number of hydrogen-bond acceptors (Lipinski definition) is 4. The molecule has 1 amide bonds. The van der Waals surface area contributed by atoms with Gasteiger partial charge in [-0.2, -0.15) is 0 Å². The molecule has 3 unspecified atom stereocenters. The van der Waals surface area contributed by atoms with Crippen LogP contribution in [-0.2, 0) is 9.53 Å². The Morgan fingerprint density at radius 3 is 2.77 bits per heavy atom. The lowest BCUT2D eigenvalue weighted by Gasteiger charge is -2.37. The fourth-order valence-corrected chi connectivity index (χ4v) is 3.56. The van der Waals surface area contributed by atoms with Crippen LogP contribution in [-0.4, -0.2) is 85.7 Å². The zero-order chi connectivity index (χ0) is 18.2. The van der Waals surface area contributed by atoms with Gasteiger partial charge in [0.05, 0.1) is 19.8 Å². The quantitative estimate of drug-likeness (QED) is 0.340. The van der Waals surface area contributed by atoms with E-state index in [0.29, 0.717) is 18.5 Å². The minimum Gasteiger partial charge on any atom is -0.379 e. The molecule has 2 saturated heterocycles. The van der Waals surface area contributed by atoms with Gasteiger partial charge in [0.1, 0.15) is 0 Å². The fourth-order valence-electron chi connectivity index (χ4n) is 3.56. The predicted molar refractivity (Wildman–Crippen MR) is 116 cm³/mol. The molecule has 2 aliphatic heterocycles. The third kappa shape index (κ3) is 6.84. The van der Waals surface area contributed by atoms with Gasteiger partial charge in [-0.1, -0.05) is 6.92 Å².